The quantitative estimate of drug-likeness (QED) is 0.166. The summed E-state index contributed by atoms with van der Waals surface area (Å²) in [6.07, 6.45) is 0. The first-order chi connectivity index (χ1) is 30.6. The maximum atomic E-state index is 11.1. The van der Waals surface area contributed by atoms with Gasteiger partial charge >= 0.3 is 0 Å². The summed E-state index contributed by atoms with van der Waals surface area (Å²) in [4.78, 5) is 4.21. The summed E-state index contributed by atoms with van der Waals surface area (Å²) in [5.41, 5.74) is 13.3. The maximum Gasteiger partial charge on any atom is 0.214 e. The van der Waals surface area contributed by atoms with E-state index in [0.717, 1.165) is 88.0 Å². The Labute approximate surface area is 363 Å². The average Bonchev–Trinajstić information content (AvgIpc) is 4.04. The van der Waals surface area contributed by atoms with E-state index < -0.39 is 0 Å². The second-order valence-electron chi connectivity index (χ2n) is 18.2. The van der Waals surface area contributed by atoms with Gasteiger partial charge in [0.2, 0.25) is 5.69 Å². The molecule has 4 aromatic heterocycles. The SMILES string of the molecule is [C-]#[N+]c1cc(-n2c3ccc(-n4c5ccccc5c5ccccc54)cc3c3c4oc5ccccc5c4ccc32)cc(C#N)c1-n1c2ccc(C(C)C)cc2c2cc(C(C)(C)C)ccc21. The van der Waals surface area contributed by atoms with Gasteiger partial charge in [0, 0.05) is 49.1 Å². The summed E-state index contributed by atoms with van der Waals surface area (Å²) in [7, 11) is 0. The Kier molecular flexibility index (Phi) is 7.71. The number of hydrogen-bond donors (Lipinski definition) is 0. The van der Waals surface area contributed by atoms with E-state index in [2.05, 4.69) is 181 Å². The minimum absolute atomic E-state index is 0.0557. The van der Waals surface area contributed by atoms with Crippen LogP contribution in [0.25, 0.3) is 109 Å². The Hall–Kier alpha value is -8.06. The van der Waals surface area contributed by atoms with Crippen LogP contribution in [0.1, 0.15) is 57.2 Å². The van der Waals surface area contributed by atoms with Gasteiger partial charge in [0.05, 0.1) is 56.3 Å². The van der Waals surface area contributed by atoms with E-state index in [0.29, 0.717) is 22.9 Å². The lowest BCUT2D eigenvalue weighted by atomic mass is 9.86. The highest BCUT2D eigenvalue weighted by atomic mass is 16.3. The molecule has 63 heavy (non-hydrogen) atoms. The highest BCUT2D eigenvalue weighted by molar-refractivity contribution is 6.24. The number of rotatable bonds is 4. The molecule has 0 spiro atoms. The van der Waals surface area contributed by atoms with Gasteiger partial charge in [-0.15, -0.1) is 0 Å². The molecule has 0 amide bonds. The summed E-state index contributed by atoms with van der Waals surface area (Å²) in [6.45, 7) is 19.8. The third-order valence-corrected chi connectivity index (χ3v) is 13.2. The Morgan fingerprint density at radius 1 is 0.556 bits per heavy atom. The predicted octanol–water partition coefficient (Wildman–Crippen LogP) is 15.7. The lowest BCUT2D eigenvalue weighted by Gasteiger charge is -2.19. The van der Waals surface area contributed by atoms with E-state index in [4.69, 9.17) is 11.0 Å². The predicted molar refractivity (Wildman–Crippen MR) is 261 cm³/mol. The standard InChI is InChI=1S/C57H41N5O/c1-33(2)34-19-23-49-43(28-34)44-29-36(57(3,4)5)20-24-50(44)62(49)55-35(32-58)27-38(31-46(55)59-6)61-51-25-21-37(60-47-16-10-7-13-39(47)40-14-8-11-17-48(40)60)30-45(51)54-52(61)26-22-42-41-15-9-12-18-53(41)63-56(42)54/h7-31,33H,1-5H3. The van der Waals surface area contributed by atoms with Gasteiger partial charge in [-0.3, -0.25) is 0 Å². The normalized spacial score (nSPS) is 12.3. The molecule has 0 radical (unpaired) electrons. The van der Waals surface area contributed by atoms with Crippen LogP contribution in [0.3, 0.4) is 0 Å². The zero-order chi connectivity index (χ0) is 42.9. The second kappa shape index (κ2) is 13.2. The molecule has 12 aromatic rings. The number of nitriles is 1. The van der Waals surface area contributed by atoms with Crippen LogP contribution in [0, 0.1) is 17.9 Å². The van der Waals surface area contributed by atoms with Crippen molar-refractivity contribution in [3.05, 3.63) is 180 Å². The molecule has 0 atom stereocenters. The number of nitrogens with zero attached hydrogens (tertiary/aromatic N) is 5. The molecule has 0 aliphatic rings. The molecule has 12 rings (SSSR count). The van der Waals surface area contributed by atoms with Gasteiger partial charge in [-0.25, -0.2) is 4.85 Å². The lowest BCUT2D eigenvalue weighted by molar-refractivity contribution is 0.591. The largest absolute Gasteiger partial charge is 0.455 e. The summed E-state index contributed by atoms with van der Waals surface area (Å²) in [5.74, 6) is 0.344. The zero-order valence-corrected chi connectivity index (χ0v) is 35.7. The molecule has 0 N–H and O–H groups in total. The molecule has 0 bridgehead atoms. The van der Waals surface area contributed by atoms with Crippen molar-refractivity contribution in [1.82, 2.24) is 13.7 Å². The minimum atomic E-state index is -0.0557. The van der Waals surface area contributed by atoms with Crippen molar-refractivity contribution in [3.8, 4) is 23.1 Å². The molecule has 0 saturated carbocycles. The first kappa shape index (κ1) is 36.8. The number of para-hydroxylation sites is 3. The van der Waals surface area contributed by atoms with E-state index in [9.17, 15) is 5.26 Å². The zero-order valence-electron chi connectivity index (χ0n) is 35.7. The Bertz CT molecular complexity index is 3930. The second-order valence-corrected chi connectivity index (χ2v) is 18.2. The summed E-state index contributed by atoms with van der Waals surface area (Å²) >= 11 is 0. The van der Waals surface area contributed by atoms with E-state index in [-0.39, 0.29) is 5.41 Å². The van der Waals surface area contributed by atoms with E-state index in [1.807, 2.05) is 30.3 Å². The van der Waals surface area contributed by atoms with Gasteiger partial charge in [-0.1, -0.05) is 101 Å². The van der Waals surface area contributed by atoms with Gasteiger partial charge in [0.15, 0.2) is 0 Å². The van der Waals surface area contributed by atoms with Crippen LogP contribution < -0.4 is 0 Å². The molecule has 4 heterocycles. The fourth-order valence-corrected chi connectivity index (χ4v) is 10.1. The maximum absolute atomic E-state index is 11.1. The van der Waals surface area contributed by atoms with Crippen molar-refractivity contribution in [2.75, 3.05) is 0 Å². The first-order valence-corrected chi connectivity index (χ1v) is 21.5. The van der Waals surface area contributed by atoms with Gasteiger partial charge in [0.1, 0.15) is 17.2 Å². The Morgan fingerprint density at radius 3 is 1.86 bits per heavy atom. The van der Waals surface area contributed by atoms with E-state index in [1.54, 1.807) is 0 Å². The van der Waals surface area contributed by atoms with Crippen molar-refractivity contribution in [2.24, 2.45) is 0 Å². The Morgan fingerprint density at radius 2 is 1.16 bits per heavy atom. The molecule has 0 aliphatic carbocycles. The van der Waals surface area contributed by atoms with Gasteiger partial charge in [-0.2, -0.15) is 5.26 Å². The van der Waals surface area contributed by atoms with Crippen LogP contribution in [0.4, 0.5) is 5.69 Å². The van der Waals surface area contributed by atoms with Crippen molar-refractivity contribution in [2.45, 2.75) is 46.0 Å². The molecule has 0 aliphatic heterocycles. The van der Waals surface area contributed by atoms with Gasteiger partial charge < -0.3 is 18.1 Å². The van der Waals surface area contributed by atoms with Crippen molar-refractivity contribution in [1.29, 1.82) is 5.26 Å². The average molecular weight is 812 g/mol. The van der Waals surface area contributed by atoms with Crippen LogP contribution in [-0.4, -0.2) is 13.7 Å². The topological polar surface area (TPSA) is 56.1 Å². The van der Waals surface area contributed by atoms with Crippen LogP contribution in [-0.2, 0) is 5.41 Å². The molecule has 0 unspecified atom stereocenters. The minimum Gasteiger partial charge on any atom is -0.455 e. The molecule has 6 heteroatoms. The van der Waals surface area contributed by atoms with Crippen molar-refractivity contribution in [3.63, 3.8) is 0 Å². The van der Waals surface area contributed by atoms with Crippen LogP contribution in [0.15, 0.2) is 156 Å². The number of aromatic nitrogens is 3. The molecule has 8 aromatic carbocycles. The van der Waals surface area contributed by atoms with Crippen LogP contribution in [0.2, 0.25) is 0 Å². The van der Waals surface area contributed by atoms with E-state index in [1.165, 1.54) is 21.9 Å². The van der Waals surface area contributed by atoms with Crippen molar-refractivity contribution >= 4 is 93.0 Å². The summed E-state index contributed by atoms with van der Waals surface area (Å²) < 4.78 is 13.4. The summed E-state index contributed by atoms with van der Waals surface area (Å²) in [6, 6.07) is 55.9. The van der Waals surface area contributed by atoms with Crippen molar-refractivity contribution < 1.29 is 4.42 Å². The highest BCUT2D eigenvalue weighted by Gasteiger charge is 2.25. The fourth-order valence-electron chi connectivity index (χ4n) is 10.1. The molecular weight excluding hydrogens is 771 g/mol. The van der Waals surface area contributed by atoms with E-state index >= 15 is 0 Å². The van der Waals surface area contributed by atoms with Gasteiger partial charge in [0.25, 0.3) is 0 Å². The monoisotopic (exact) mass is 811 g/mol. The number of hydrogen-bond acceptors (Lipinski definition) is 2. The third kappa shape index (κ3) is 5.22. The molecule has 6 nitrogen and oxygen atoms in total. The Balaban J connectivity index is 1.15. The summed E-state index contributed by atoms with van der Waals surface area (Å²) in [5, 5.41) is 19.8. The fraction of sp³-hybridized carbons (Fsp3) is 0.123. The number of furan rings is 1. The third-order valence-electron chi connectivity index (χ3n) is 13.2. The number of benzene rings is 8. The lowest BCUT2D eigenvalue weighted by Crippen LogP contribution is -2.10. The van der Waals surface area contributed by atoms with Crippen LogP contribution >= 0.6 is 0 Å². The van der Waals surface area contributed by atoms with Crippen LogP contribution in [0.5, 0.6) is 0 Å². The number of fused-ring (bicyclic) bond motifs is 13. The molecular formula is C57H41N5O. The molecule has 0 fully saturated rings. The van der Waals surface area contributed by atoms with Gasteiger partial charge in [-0.05, 0) is 107 Å². The molecule has 0 saturated heterocycles. The highest BCUT2D eigenvalue weighted by Crippen LogP contribution is 2.45. The first-order valence-electron chi connectivity index (χ1n) is 21.5. The molecule has 300 valence electrons. The smallest absolute Gasteiger partial charge is 0.214 e.